The highest BCUT2D eigenvalue weighted by atomic mass is 16.5. The average molecular weight is 370 g/mol. The van der Waals surface area contributed by atoms with Crippen LogP contribution in [0.2, 0.25) is 0 Å². The molecule has 0 fully saturated rings. The number of rotatable bonds is 9. The van der Waals surface area contributed by atoms with Crippen LogP contribution in [0.3, 0.4) is 0 Å². The van der Waals surface area contributed by atoms with Crippen molar-refractivity contribution in [2.45, 2.75) is 38.6 Å². The molecule has 0 saturated heterocycles. The van der Waals surface area contributed by atoms with Crippen molar-refractivity contribution in [3.8, 4) is 17.4 Å². The van der Waals surface area contributed by atoms with E-state index >= 15 is 0 Å². The van der Waals surface area contributed by atoms with E-state index in [1.165, 1.54) is 11.9 Å². The molecule has 1 amide bonds. The Bertz CT molecular complexity index is 844. The first kappa shape index (κ1) is 18.6. The van der Waals surface area contributed by atoms with E-state index in [4.69, 9.17) is 9.26 Å². The van der Waals surface area contributed by atoms with Gasteiger partial charge in [0, 0.05) is 18.9 Å². The van der Waals surface area contributed by atoms with Crippen molar-refractivity contribution in [2.75, 3.05) is 7.11 Å². The number of amides is 1. The van der Waals surface area contributed by atoms with Gasteiger partial charge in [0.05, 0.1) is 7.11 Å². The molecule has 2 heterocycles. The summed E-state index contributed by atoms with van der Waals surface area (Å²) in [5.74, 6) is 1.95. The lowest BCUT2D eigenvalue weighted by Gasteiger charge is -2.13. The van der Waals surface area contributed by atoms with E-state index in [9.17, 15) is 4.79 Å². The molecule has 1 aromatic carbocycles. The number of H-pyrrole nitrogens is 1. The Morgan fingerprint density at radius 2 is 2.11 bits per heavy atom. The lowest BCUT2D eigenvalue weighted by atomic mass is 10.1. The minimum atomic E-state index is -0.0448. The summed E-state index contributed by atoms with van der Waals surface area (Å²) >= 11 is 0. The highest BCUT2D eigenvalue weighted by molar-refractivity contribution is 5.76. The largest absolute Gasteiger partial charge is 0.497 e. The van der Waals surface area contributed by atoms with Crippen LogP contribution in [0.15, 0.2) is 35.1 Å². The van der Waals surface area contributed by atoms with Crippen LogP contribution >= 0.6 is 0 Å². The average Bonchev–Trinajstić information content (AvgIpc) is 3.36. The van der Waals surface area contributed by atoms with Crippen molar-refractivity contribution < 1.29 is 14.1 Å². The highest BCUT2D eigenvalue weighted by Gasteiger charge is 2.13. The molecule has 27 heavy (non-hydrogen) atoms. The lowest BCUT2D eigenvalue weighted by Crippen LogP contribution is -2.33. The molecule has 0 aliphatic rings. The highest BCUT2D eigenvalue weighted by Crippen LogP contribution is 2.13. The third-order valence-electron chi connectivity index (χ3n) is 4.09. The van der Waals surface area contributed by atoms with Gasteiger partial charge in [-0.2, -0.15) is 10.1 Å². The van der Waals surface area contributed by atoms with E-state index < -0.39 is 0 Å². The van der Waals surface area contributed by atoms with Crippen LogP contribution in [0, 0.1) is 0 Å². The number of nitrogens with one attached hydrogen (secondary N) is 2. The first-order valence-corrected chi connectivity index (χ1v) is 8.74. The topological polar surface area (TPSA) is 119 Å². The molecule has 3 rings (SSSR count). The maximum atomic E-state index is 12.1. The summed E-state index contributed by atoms with van der Waals surface area (Å²) in [6.45, 7) is 2.00. The normalized spacial score (nSPS) is 11.9. The monoisotopic (exact) mass is 370 g/mol. The summed E-state index contributed by atoms with van der Waals surface area (Å²) in [6, 6.07) is 8.03. The Labute approximate surface area is 156 Å². The Hall–Kier alpha value is -3.23. The molecule has 142 valence electrons. The number of aryl methyl sites for hydroxylation is 2. The van der Waals surface area contributed by atoms with Gasteiger partial charge in [-0.3, -0.25) is 9.89 Å². The number of ether oxygens (including phenoxy) is 1. The van der Waals surface area contributed by atoms with Gasteiger partial charge in [0.15, 0.2) is 5.82 Å². The zero-order valence-corrected chi connectivity index (χ0v) is 15.3. The van der Waals surface area contributed by atoms with Gasteiger partial charge >= 0.3 is 0 Å². The number of hydrogen-bond donors (Lipinski definition) is 2. The lowest BCUT2D eigenvalue weighted by molar-refractivity contribution is -0.121. The fourth-order valence-corrected chi connectivity index (χ4v) is 2.58. The maximum Gasteiger partial charge on any atom is 0.239 e. The van der Waals surface area contributed by atoms with Crippen molar-refractivity contribution >= 4 is 5.91 Å². The van der Waals surface area contributed by atoms with Crippen LogP contribution in [0.4, 0.5) is 0 Å². The second kappa shape index (κ2) is 8.93. The molecular weight excluding hydrogens is 348 g/mol. The zero-order valence-electron chi connectivity index (χ0n) is 15.3. The van der Waals surface area contributed by atoms with Gasteiger partial charge < -0.3 is 14.6 Å². The second-order valence-corrected chi connectivity index (χ2v) is 6.20. The molecule has 0 saturated carbocycles. The molecule has 0 aliphatic carbocycles. The van der Waals surface area contributed by atoms with Crippen LogP contribution in [0.25, 0.3) is 11.6 Å². The maximum absolute atomic E-state index is 12.1. The van der Waals surface area contributed by atoms with E-state index in [1.54, 1.807) is 7.11 Å². The minimum absolute atomic E-state index is 0.0448. The molecular formula is C18H22N6O3. The van der Waals surface area contributed by atoms with E-state index in [0.717, 1.165) is 18.6 Å². The number of nitrogens with zero attached hydrogens (tertiary/aromatic N) is 4. The van der Waals surface area contributed by atoms with E-state index in [1.807, 2.05) is 31.2 Å². The number of aromatic nitrogens is 5. The first-order valence-electron chi connectivity index (χ1n) is 8.74. The van der Waals surface area contributed by atoms with Gasteiger partial charge in [-0.25, -0.2) is 4.98 Å². The molecule has 2 N–H and O–H groups in total. The standard InChI is InChI=1S/C18H22N6O3/c1-12(3-4-13-5-7-14(26-2)8-6-13)21-15(25)9-10-16-22-18(24-27-16)17-19-11-20-23-17/h5-8,11-12H,3-4,9-10H2,1-2H3,(H,21,25)(H,19,20,23). The molecule has 9 nitrogen and oxygen atoms in total. The predicted molar refractivity (Wildman–Crippen MR) is 96.9 cm³/mol. The van der Waals surface area contributed by atoms with Gasteiger partial charge in [0.2, 0.25) is 17.6 Å². The third kappa shape index (κ3) is 5.37. The summed E-state index contributed by atoms with van der Waals surface area (Å²) in [6.07, 6.45) is 3.76. The number of carbonyl (C=O) groups excluding carboxylic acids is 1. The summed E-state index contributed by atoms with van der Waals surface area (Å²) < 4.78 is 10.3. The van der Waals surface area contributed by atoms with Crippen LogP contribution in [0.5, 0.6) is 5.75 Å². The van der Waals surface area contributed by atoms with Crippen molar-refractivity contribution in [3.63, 3.8) is 0 Å². The molecule has 0 aliphatic heterocycles. The quantitative estimate of drug-likeness (QED) is 0.591. The van der Waals surface area contributed by atoms with Crippen LogP contribution < -0.4 is 10.1 Å². The molecule has 1 unspecified atom stereocenters. The first-order chi connectivity index (χ1) is 13.1. The molecule has 0 bridgehead atoms. The fourth-order valence-electron chi connectivity index (χ4n) is 2.58. The van der Waals surface area contributed by atoms with Gasteiger partial charge in [-0.15, -0.1) is 0 Å². The molecule has 1 atom stereocenters. The summed E-state index contributed by atoms with van der Waals surface area (Å²) in [5.41, 5.74) is 1.21. The van der Waals surface area contributed by atoms with Crippen molar-refractivity contribution in [1.29, 1.82) is 0 Å². The Morgan fingerprint density at radius 1 is 1.30 bits per heavy atom. The van der Waals surface area contributed by atoms with E-state index in [0.29, 0.717) is 24.0 Å². The number of methoxy groups -OCH3 is 1. The van der Waals surface area contributed by atoms with Gasteiger partial charge in [-0.1, -0.05) is 17.3 Å². The smallest absolute Gasteiger partial charge is 0.239 e. The minimum Gasteiger partial charge on any atom is -0.497 e. The molecule has 0 radical (unpaired) electrons. The number of carbonyl (C=O) groups is 1. The van der Waals surface area contributed by atoms with Crippen LogP contribution in [0.1, 0.15) is 31.2 Å². The van der Waals surface area contributed by atoms with Gasteiger partial charge in [0.25, 0.3) is 0 Å². The van der Waals surface area contributed by atoms with Crippen LogP contribution in [-0.2, 0) is 17.6 Å². The Balaban J connectivity index is 1.39. The number of hydrogen-bond acceptors (Lipinski definition) is 7. The molecule has 9 heteroatoms. The van der Waals surface area contributed by atoms with E-state index in [-0.39, 0.29) is 18.4 Å². The van der Waals surface area contributed by atoms with E-state index in [2.05, 4.69) is 30.6 Å². The Kier molecular flexibility index (Phi) is 6.14. The SMILES string of the molecule is COc1ccc(CCC(C)NC(=O)CCc2nc(-c3ncn[nH]3)no2)cc1. The summed E-state index contributed by atoms with van der Waals surface area (Å²) in [4.78, 5) is 20.3. The molecule has 2 aromatic heterocycles. The molecule has 3 aromatic rings. The number of aromatic amines is 1. The number of benzene rings is 1. The van der Waals surface area contributed by atoms with Gasteiger partial charge in [-0.05, 0) is 37.5 Å². The Morgan fingerprint density at radius 3 is 2.81 bits per heavy atom. The summed E-state index contributed by atoms with van der Waals surface area (Å²) in [5, 5.41) is 13.2. The predicted octanol–water partition coefficient (Wildman–Crippen LogP) is 1.93. The van der Waals surface area contributed by atoms with Crippen molar-refractivity contribution in [2.24, 2.45) is 0 Å². The second-order valence-electron chi connectivity index (χ2n) is 6.20. The fraction of sp³-hybridized carbons (Fsp3) is 0.389. The van der Waals surface area contributed by atoms with Crippen molar-refractivity contribution in [1.82, 2.24) is 30.6 Å². The summed E-state index contributed by atoms with van der Waals surface area (Å²) in [7, 11) is 1.65. The van der Waals surface area contributed by atoms with Gasteiger partial charge in [0.1, 0.15) is 12.1 Å². The van der Waals surface area contributed by atoms with Crippen molar-refractivity contribution in [3.05, 3.63) is 42.0 Å². The van der Waals surface area contributed by atoms with Crippen LogP contribution in [-0.4, -0.2) is 44.4 Å². The third-order valence-corrected chi connectivity index (χ3v) is 4.09. The molecule has 0 spiro atoms. The zero-order chi connectivity index (χ0) is 19.1.